The standard InChI is InChI=1S/C13H16FNO/c1-15-7-12-10-3-2-9(14)6-11(10)13(4-5-13)8-16-12/h2-3,6,12,15H,4-5,7-8H2,1H3. The Hall–Kier alpha value is -0.930. The second kappa shape index (κ2) is 3.54. The van der Waals surface area contributed by atoms with Crippen LogP contribution in [0.5, 0.6) is 0 Å². The first-order chi connectivity index (χ1) is 7.75. The van der Waals surface area contributed by atoms with Crippen molar-refractivity contribution in [3.63, 3.8) is 0 Å². The zero-order chi connectivity index (χ0) is 11.2. The Balaban J connectivity index is 2.03. The molecule has 1 unspecified atom stereocenters. The Bertz CT molecular complexity index is 414. The molecule has 0 radical (unpaired) electrons. The minimum atomic E-state index is -0.130. The molecule has 86 valence electrons. The Kier molecular flexibility index (Phi) is 2.26. The lowest BCUT2D eigenvalue weighted by Crippen LogP contribution is -2.31. The summed E-state index contributed by atoms with van der Waals surface area (Å²) >= 11 is 0. The Morgan fingerprint density at radius 2 is 2.31 bits per heavy atom. The summed E-state index contributed by atoms with van der Waals surface area (Å²) in [5.74, 6) is -0.130. The van der Waals surface area contributed by atoms with Crippen LogP contribution in [0.25, 0.3) is 0 Å². The molecule has 16 heavy (non-hydrogen) atoms. The van der Waals surface area contributed by atoms with Gasteiger partial charge in [-0.1, -0.05) is 6.07 Å². The van der Waals surface area contributed by atoms with Crippen molar-refractivity contribution in [1.29, 1.82) is 0 Å². The molecule has 3 heteroatoms. The van der Waals surface area contributed by atoms with E-state index >= 15 is 0 Å². The fraction of sp³-hybridized carbons (Fsp3) is 0.538. The van der Waals surface area contributed by atoms with E-state index in [1.165, 1.54) is 17.2 Å². The SMILES string of the molecule is CNCC1OCC2(CC2)c2cc(F)ccc21. The van der Waals surface area contributed by atoms with E-state index in [-0.39, 0.29) is 17.3 Å². The molecule has 1 aromatic carbocycles. The number of rotatable bonds is 2. The molecular weight excluding hydrogens is 205 g/mol. The quantitative estimate of drug-likeness (QED) is 0.826. The van der Waals surface area contributed by atoms with Crippen LogP contribution in [-0.4, -0.2) is 20.2 Å². The van der Waals surface area contributed by atoms with Gasteiger partial charge >= 0.3 is 0 Å². The van der Waals surface area contributed by atoms with E-state index in [0.717, 1.165) is 26.0 Å². The summed E-state index contributed by atoms with van der Waals surface area (Å²) in [6.07, 6.45) is 2.35. The molecule has 1 aromatic rings. The summed E-state index contributed by atoms with van der Waals surface area (Å²) in [6, 6.07) is 5.12. The van der Waals surface area contributed by atoms with Crippen molar-refractivity contribution >= 4 is 0 Å². The molecule has 1 fully saturated rings. The largest absolute Gasteiger partial charge is 0.371 e. The smallest absolute Gasteiger partial charge is 0.123 e. The van der Waals surface area contributed by atoms with Gasteiger partial charge in [-0.15, -0.1) is 0 Å². The first kappa shape index (κ1) is 10.2. The van der Waals surface area contributed by atoms with Gasteiger partial charge in [-0.05, 0) is 43.1 Å². The fourth-order valence-corrected chi connectivity index (χ4v) is 2.62. The van der Waals surface area contributed by atoms with Crippen molar-refractivity contribution in [2.45, 2.75) is 24.4 Å². The summed E-state index contributed by atoms with van der Waals surface area (Å²) in [5, 5.41) is 3.12. The monoisotopic (exact) mass is 221 g/mol. The van der Waals surface area contributed by atoms with E-state index in [1.807, 2.05) is 13.1 Å². The van der Waals surface area contributed by atoms with E-state index in [0.29, 0.717) is 0 Å². The van der Waals surface area contributed by atoms with E-state index in [9.17, 15) is 4.39 Å². The molecule has 0 saturated heterocycles. The highest BCUT2D eigenvalue weighted by Gasteiger charge is 2.49. The van der Waals surface area contributed by atoms with Gasteiger partial charge in [-0.3, -0.25) is 0 Å². The first-order valence-corrected chi connectivity index (χ1v) is 5.81. The summed E-state index contributed by atoms with van der Waals surface area (Å²) in [5.41, 5.74) is 2.49. The Morgan fingerprint density at radius 1 is 1.50 bits per heavy atom. The highest BCUT2D eigenvalue weighted by molar-refractivity contribution is 5.42. The second-order valence-electron chi connectivity index (χ2n) is 4.87. The van der Waals surface area contributed by atoms with Crippen molar-refractivity contribution in [2.24, 2.45) is 0 Å². The molecule has 1 spiro atoms. The molecule has 0 aromatic heterocycles. The maximum atomic E-state index is 13.3. The van der Waals surface area contributed by atoms with Crippen LogP contribution in [0, 0.1) is 5.82 Å². The lowest BCUT2D eigenvalue weighted by atomic mass is 9.87. The van der Waals surface area contributed by atoms with Gasteiger partial charge in [0.05, 0.1) is 12.7 Å². The number of halogens is 1. The number of nitrogens with one attached hydrogen (secondary N) is 1. The summed E-state index contributed by atoms with van der Waals surface area (Å²) < 4.78 is 19.2. The van der Waals surface area contributed by atoms with Crippen molar-refractivity contribution < 1.29 is 9.13 Å². The average molecular weight is 221 g/mol. The molecule has 2 aliphatic rings. The van der Waals surface area contributed by atoms with Crippen LogP contribution in [0.15, 0.2) is 18.2 Å². The third-order valence-electron chi connectivity index (χ3n) is 3.74. The van der Waals surface area contributed by atoms with Gasteiger partial charge in [-0.2, -0.15) is 0 Å². The number of likely N-dealkylation sites (N-methyl/N-ethyl adjacent to an activating group) is 1. The van der Waals surface area contributed by atoms with Crippen molar-refractivity contribution in [3.05, 3.63) is 35.1 Å². The van der Waals surface area contributed by atoms with Crippen LogP contribution >= 0.6 is 0 Å². The molecule has 1 aliphatic heterocycles. The summed E-state index contributed by atoms with van der Waals surface area (Å²) in [7, 11) is 1.91. The van der Waals surface area contributed by atoms with E-state index < -0.39 is 0 Å². The van der Waals surface area contributed by atoms with Crippen LogP contribution in [0.2, 0.25) is 0 Å². The maximum absolute atomic E-state index is 13.3. The molecule has 1 aliphatic carbocycles. The van der Waals surface area contributed by atoms with Gasteiger partial charge in [0, 0.05) is 12.0 Å². The van der Waals surface area contributed by atoms with Crippen molar-refractivity contribution in [2.75, 3.05) is 20.2 Å². The number of ether oxygens (including phenoxy) is 1. The number of benzene rings is 1. The molecular formula is C13H16FNO. The van der Waals surface area contributed by atoms with Gasteiger partial charge in [0.2, 0.25) is 0 Å². The third kappa shape index (κ3) is 1.46. The lowest BCUT2D eigenvalue weighted by Gasteiger charge is -2.32. The number of hydrogen-bond acceptors (Lipinski definition) is 2. The number of fused-ring (bicyclic) bond motifs is 2. The highest BCUT2D eigenvalue weighted by atomic mass is 19.1. The van der Waals surface area contributed by atoms with Gasteiger partial charge in [0.25, 0.3) is 0 Å². The minimum Gasteiger partial charge on any atom is -0.371 e. The van der Waals surface area contributed by atoms with E-state index in [2.05, 4.69) is 5.32 Å². The van der Waals surface area contributed by atoms with Crippen LogP contribution in [-0.2, 0) is 10.2 Å². The minimum absolute atomic E-state index is 0.0758. The number of hydrogen-bond donors (Lipinski definition) is 1. The van der Waals surface area contributed by atoms with E-state index in [4.69, 9.17) is 4.74 Å². The molecule has 1 saturated carbocycles. The topological polar surface area (TPSA) is 21.3 Å². The predicted molar refractivity (Wildman–Crippen MR) is 59.9 cm³/mol. The second-order valence-corrected chi connectivity index (χ2v) is 4.87. The van der Waals surface area contributed by atoms with Crippen LogP contribution in [0.1, 0.15) is 30.1 Å². The van der Waals surface area contributed by atoms with Crippen molar-refractivity contribution in [1.82, 2.24) is 5.32 Å². The zero-order valence-electron chi connectivity index (χ0n) is 9.42. The molecule has 0 amide bonds. The van der Waals surface area contributed by atoms with Gasteiger partial charge in [0.15, 0.2) is 0 Å². The maximum Gasteiger partial charge on any atom is 0.123 e. The summed E-state index contributed by atoms with van der Waals surface area (Å²) in [6.45, 7) is 1.53. The van der Waals surface area contributed by atoms with Crippen LogP contribution in [0.3, 0.4) is 0 Å². The Morgan fingerprint density at radius 3 is 3.00 bits per heavy atom. The molecule has 2 nitrogen and oxygen atoms in total. The van der Waals surface area contributed by atoms with Gasteiger partial charge in [0.1, 0.15) is 5.82 Å². The molecule has 1 heterocycles. The highest BCUT2D eigenvalue weighted by Crippen LogP contribution is 2.53. The fourth-order valence-electron chi connectivity index (χ4n) is 2.62. The third-order valence-corrected chi connectivity index (χ3v) is 3.74. The van der Waals surface area contributed by atoms with Crippen molar-refractivity contribution in [3.8, 4) is 0 Å². The van der Waals surface area contributed by atoms with Crippen LogP contribution < -0.4 is 5.32 Å². The molecule has 3 rings (SSSR count). The lowest BCUT2D eigenvalue weighted by molar-refractivity contribution is 0.0230. The molecule has 1 N–H and O–H groups in total. The van der Waals surface area contributed by atoms with Gasteiger partial charge in [-0.25, -0.2) is 4.39 Å². The average Bonchev–Trinajstić information content (AvgIpc) is 3.04. The van der Waals surface area contributed by atoms with E-state index in [1.54, 1.807) is 6.07 Å². The van der Waals surface area contributed by atoms with Crippen LogP contribution in [0.4, 0.5) is 4.39 Å². The predicted octanol–water partition coefficient (Wildman–Crippen LogP) is 2.15. The Labute approximate surface area is 94.8 Å². The summed E-state index contributed by atoms with van der Waals surface area (Å²) in [4.78, 5) is 0. The molecule has 1 atom stereocenters. The molecule has 0 bridgehead atoms. The normalized spacial score (nSPS) is 25.5. The first-order valence-electron chi connectivity index (χ1n) is 5.81. The zero-order valence-corrected chi connectivity index (χ0v) is 9.42. The van der Waals surface area contributed by atoms with Gasteiger partial charge < -0.3 is 10.1 Å².